The third-order valence-corrected chi connectivity index (χ3v) is 4.06. The number of sulfonamides is 1. The van der Waals surface area contributed by atoms with Crippen molar-refractivity contribution in [2.45, 2.75) is 18.7 Å². The van der Waals surface area contributed by atoms with Crippen molar-refractivity contribution in [1.82, 2.24) is 10.0 Å². The Morgan fingerprint density at radius 3 is 2.53 bits per heavy atom. The van der Waals surface area contributed by atoms with Gasteiger partial charge in [0.25, 0.3) is 0 Å². The van der Waals surface area contributed by atoms with Crippen LogP contribution < -0.4 is 10.0 Å². The first-order chi connectivity index (χ1) is 8.51. The van der Waals surface area contributed by atoms with E-state index in [4.69, 9.17) is 5.26 Å². The van der Waals surface area contributed by atoms with E-state index in [2.05, 4.69) is 10.0 Å². The van der Waals surface area contributed by atoms with Gasteiger partial charge in [-0.3, -0.25) is 0 Å². The second kappa shape index (κ2) is 8.12. The molecule has 0 atom stereocenters. The van der Waals surface area contributed by atoms with Gasteiger partial charge in [0, 0.05) is 13.1 Å². The minimum atomic E-state index is -3.50. The Balaban J connectivity index is 0.00000324. The lowest BCUT2D eigenvalue weighted by molar-refractivity contribution is 0.577. The normalized spacial score (nSPS) is 10.6. The van der Waals surface area contributed by atoms with E-state index < -0.39 is 10.0 Å². The molecule has 19 heavy (non-hydrogen) atoms. The van der Waals surface area contributed by atoms with Crippen LogP contribution in [0.4, 0.5) is 0 Å². The second-order valence-corrected chi connectivity index (χ2v) is 5.58. The average Bonchev–Trinajstić information content (AvgIpc) is 2.34. The van der Waals surface area contributed by atoms with Crippen molar-refractivity contribution in [2.24, 2.45) is 0 Å². The van der Waals surface area contributed by atoms with Gasteiger partial charge in [0.2, 0.25) is 10.0 Å². The Hall–Kier alpha value is -1.13. The van der Waals surface area contributed by atoms with Crippen molar-refractivity contribution in [3.63, 3.8) is 0 Å². The Bertz CT molecular complexity index is 553. The average molecular weight is 304 g/mol. The molecule has 0 saturated carbocycles. The number of likely N-dealkylation sites (N-methyl/N-ethyl adjacent to an activating group) is 1. The van der Waals surface area contributed by atoms with Crippen LogP contribution >= 0.6 is 12.4 Å². The molecule has 1 aromatic rings. The van der Waals surface area contributed by atoms with Crippen LogP contribution in [-0.4, -0.2) is 28.1 Å². The SMILES string of the molecule is CCNCCNS(=O)(=O)c1ccc(C#N)cc1C.Cl. The van der Waals surface area contributed by atoms with Gasteiger partial charge in [0.15, 0.2) is 0 Å². The molecule has 1 rings (SSSR count). The highest BCUT2D eigenvalue weighted by atomic mass is 35.5. The summed E-state index contributed by atoms with van der Waals surface area (Å²) in [5, 5.41) is 11.8. The van der Waals surface area contributed by atoms with Crippen LogP contribution in [0.5, 0.6) is 0 Å². The summed E-state index contributed by atoms with van der Waals surface area (Å²) in [5.74, 6) is 0. The van der Waals surface area contributed by atoms with Gasteiger partial charge in [0.05, 0.1) is 16.5 Å². The van der Waals surface area contributed by atoms with Crippen LogP contribution in [0.1, 0.15) is 18.1 Å². The topological polar surface area (TPSA) is 82.0 Å². The quantitative estimate of drug-likeness (QED) is 0.773. The third kappa shape index (κ3) is 5.17. The summed E-state index contributed by atoms with van der Waals surface area (Å²) in [6.45, 7) is 5.37. The van der Waals surface area contributed by atoms with Gasteiger partial charge in [-0.05, 0) is 37.2 Å². The Labute approximate surface area is 120 Å². The number of halogens is 1. The fraction of sp³-hybridized carbons (Fsp3) is 0.417. The van der Waals surface area contributed by atoms with Crippen molar-refractivity contribution in [2.75, 3.05) is 19.6 Å². The first kappa shape index (κ1) is 17.9. The number of hydrogen-bond donors (Lipinski definition) is 2. The van der Waals surface area contributed by atoms with E-state index in [1.165, 1.54) is 12.1 Å². The molecule has 0 heterocycles. The molecule has 0 aliphatic heterocycles. The molecule has 0 saturated heterocycles. The maximum absolute atomic E-state index is 12.0. The van der Waals surface area contributed by atoms with Crippen LogP contribution in [0.25, 0.3) is 0 Å². The van der Waals surface area contributed by atoms with Crippen LogP contribution in [0.15, 0.2) is 23.1 Å². The number of benzene rings is 1. The van der Waals surface area contributed by atoms with E-state index in [0.717, 1.165) is 6.54 Å². The summed E-state index contributed by atoms with van der Waals surface area (Å²) in [7, 11) is -3.50. The molecule has 1 aromatic carbocycles. The van der Waals surface area contributed by atoms with Crippen LogP contribution in [0.2, 0.25) is 0 Å². The summed E-state index contributed by atoms with van der Waals surface area (Å²) >= 11 is 0. The minimum absolute atomic E-state index is 0. The van der Waals surface area contributed by atoms with E-state index in [1.807, 2.05) is 13.0 Å². The fourth-order valence-electron chi connectivity index (χ4n) is 1.55. The van der Waals surface area contributed by atoms with E-state index in [1.54, 1.807) is 13.0 Å². The van der Waals surface area contributed by atoms with E-state index in [0.29, 0.717) is 24.2 Å². The second-order valence-electron chi connectivity index (χ2n) is 3.84. The number of hydrogen-bond acceptors (Lipinski definition) is 4. The van der Waals surface area contributed by atoms with Gasteiger partial charge in [-0.25, -0.2) is 13.1 Å². The van der Waals surface area contributed by atoms with Gasteiger partial charge in [0.1, 0.15) is 0 Å². The van der Waals surface area contributed by atoms with Crippen LogP contribution in [0.3, 0.4) is 0 Å². The molecular weight excluding hydrogens is 286 g/mol. The first-order valence-electron chi connectivity index (χ1n) is 5.72. The van der Waals surface area contributed by atoms with E-state index >= 15 is 0 Å². The molecule has 2 N–H and O–H groups in total. The molecule has 0 unspecified atom stereocenters. The number of nitrogens with zero attached hydrogens (tertiary/aromatic N) is 1. The first-order valence-corrected chi connectivity index (χ1v) is 7.20. The zero-order chi connectivity index (χ0) is 13.6. The van der Waals surface area contributed by atoms with Gasteiger partial charge < -0.3 is 5.32 Å². The standard InChI is InChI=1S/C12H17N3O2S.ClH/c1-3-14-6-7-15-18(16,17)12-5-4-11(9-13)8-10(12)2;/h4-5,8,14-15H,3,6-7H2,1-2H3;1H. The lowest BCUT2D eigenvalue weighted by atomic mass is 10.2. The lowest BCUT2D eigenvalue weighted by Gasteiger charge is -2.09. The maximum Gasteiger partial charge on any atom is 0.240 e. The summed E-state index contributed by atoms with van der Waals surface area (Å²) in [6.07, 6.45) is 0. The highest BCUT2D eigenvalue weighted by Crippen LogP contribution is 2.15. The molecule has 0 spiro atoms. The molecule has 0 aliphatic carbocycles. The predicted octanol–water partition coefficient (Wildman–Crippen LogP) is 1.18. The highest BCUT2D eigenvalue weighted by Gasteiger charge is 2.16. The summed E-state index contributed by atoms with van der Waals surface area (Å²) in [6, 6.07) is 6.52. The highest BCUT2D eigenvalue weighted by molar-refractivity contribution is 7.89. The molecular formula is C12H18ClN3O2S. The fourth-order valence-corrected chi connectivity index (χ4v) is 2.81. The number of rotatable bonds is 6. The minimum Gasteiger partial charge on any atom is -0.316 e. The maximum atomic E-state index is 12.0. The molecule has 5 nitrogen and oxygen atoms in total. The van der Waals surface area contributed by atoms with Gasteiger partial charge in [-0.15, -0.1) is 12.4 Å². The van der Waals surface area contributed by atoms with Crippen molar-refractivity contribution in [1.29, 1.82) is 5.26 Å². The zero-order valence-corrected chi connectivity index (χ0v) is 12.6. The Kier molecular flexibility index (Phi) is 7.64. The summed E-state index contributed by atoms with van der Waals surface area (Å²) < 4.78 is 26.5. The lowest BCUT2D eigenvalue weighted by Crippen LogP contribution is -2.32. The monoisotopic (exact) mass is 303 g/mol. The van der Waals surface area contributed by atoms with Crippen molar-refractivity contribution in [3.8, 4) is 6.07 Å². The predicted molar refractivity (Wildman–Crippen MR) is 76.9 cm³/mol. The van der Waals surface area contributed by atoms with Crippen LogP contribution in [-0.2, 0) is 10.0 Å². The molecule has 0 radical (unpaired) electrons. The van der Waals surface area contributed by atoms with Gasteiger partial charge in [-0.1, -0.05) is 6.92 Å². The van der Waals surface area contributed by atoms with Gasteiger partial charge >= 0.3 is 0 Å². The molecule has 0 aromatic heterocycles. The summed E-state index contributed by atoms with van der Waals surface area (Å²) in [5.41, 5.74) is 1.03. The summed E-state index contributed by atoms with van der Waals surface area (Å²) in [4.78, 5) is 0.220. The van der Waals surface area contributed by atoms with Crippen molar-refractivity contribution < 1.29 is 8.42 Å². The molecule has 0 aliphatic rings. The van der Waals surface area contributed by atoms with E-state index in [9.17, 15) is 8.42 Å². The molecule has 0 bridgehead atoms. The smallest absolute Gasteiger partial charge is 0.240 e. The molecule has 106 valence electrons. The van der Waals surface area contributed by atoms with Gasteiger partial charge in [-0.2, -0.15) is 5.26 Å². The van der Waals surface area contributed by atoms with E-state index in [-0.39, 0.29) is 17.3 Å². The molecule has 0 fully saturated rings. The third-order valence-electron chi connectivity index (χ3n) is 2.44. The number of aryl methyl sites for hydroxylation is 1. The zero-order valence-electron chi connectivity index (χ0n) is 10.9. The Morgan fingerprint density at radius 2 is 2.00 bits per heavy atom. The number of nitriles is 1. The largest absolute Gasteiger partial charge is 0.316 e. The van der Waals surface area contributed by atoms with Crippen molar-refractivity contribution in [3.05, 3.63) is 29.3 Å². The Morgan fingerprint density at radius 1 is 1.32 bits per heavy atom. The molecule has 0 amide bonds. The van der Waals surface area contributed by atoms with Crippen LogP contribution in [0, 0.1) is 18.3 Å². The van der Waals surface area contributed by atoms with Crippen molar-refractivity contribution >= 4 is 22.4 Å². The number of nitrogens with one attached hydrogen (secondary N) is 2. The molecule has 7 heteroatoms.